The predicted octanol–water partition coefficient (Wildman–Crippen LogP) is 2.81. The number of amides is 2. The van der Waals surface area contributed by atoms with Crippen molar-refractivity contribution in [3.8, 4) is 0 Å². The minimum absolute atomic E-state index is 0.0781. The van der Waals surface area contributed by atoms with Crippen LogP contribution in [-0.2, 0) is 16.0 Å². The topological polar surface area (TPSA) is 74.7 Å². The van der Waals surface area contributed by atoms with E-state index in [9.17, 15) is 14.0 Å². The number of hydrogen-bond donors (Lipinski definition) is 1. The molecule has 8 heteroatoms. The molecule has 0 saturated carbocycles. The summed E-state index contributed by atoms with van der Waals surface area (Å²) in [4.78, 5) is 29.0. The van der Waals surface area contributed by atoms with Gasteiger partial charge in [-0.05, 0) is 24.6 Å². The number of nitrogens with one attached hydrogen (secondary N) is 1. The maximum atomic E-state index is 13.2. The number of aromatic nitrogens is 1. The largest absolute Gasteiger partial charge is 0.297 e. The van der Waals surface area contributed by atoms with Crippen molar-refractivity contribution in [1.29, 1.82) is 0 Å². The summed E-state index contributed by atoms with van der Waals surface area (Å²) in [6, 6.07) is 6.38. The molecule has 1 aromatic heterocycles. The van der Waals surface area contributed by atoms with E-state index in [1.54, 1.807) is 12.3 Å². The highest BCUT2D eigenvalue weighted by atomic mass is 32.1. The molecule has 2 amide bonds. The van der Waals surface area contributed by atoms with Gasteiger partial charge in [0.05, 0.1) is 0 Å². The Morgan fingerprint density at radius 1 is 1.40 bits per heavy atom. The van der Waals surface area contributed by atoms with Crippen molar-refractivity contribution in [2.75, 3.05) is 11.9 Å². The van der Waals surface area contributed by atoms with Crippen molar-refractivity contribution < 1.29 is 14.0 Å². The van der Waals surface area contributed by atoms with Crippen LogP contribution < -0.4 is 5.32 Å². The number of carbonyl (C=O) groups excluding carboxylic acids is 2. The first-order chi connectivity index (χ1) is 12.0. The Morgan fingerprint density at radius 3 is 3.00 bits per heavy atom. The smallest absolute Gasteiger partial charge is 0.273 e. The zero-order valence-electron chi connectivity index (χ0n) is 13.7. The summed E-state index contributed by atoms with van der Waals surface area (Å²) in [7, 11) is 0. The summed E-state index contributed by atoms with van der Waals surface area (Å²) in [5.41, 5.74) is 1.17. The van der Waals surface area contributed by atoms with Crippen molar-refractivity contribution in [1.82, 2.24) is 9.99 Å². The number of benzene rings is 1. The summed E-state index contributed by atoms with van der Waals surface area (Å²) < 4.78 is 13.2. The Labute approximate surface area is 148 Å². The molecule has 0 spiro atoms. The minimum atomic E-state index is -0.349. The van der Waals surface area contributed by atoms with E-state index in [1.807, 2.05) is 13.0 Å². The zero-order chi connectivity index (χ0) is 17.8. The van der Waals surface area contributed by atoms with Gasteiger partial charge in [-0.25, -0.2) is 14.4 Å². The fraction of sp³-hybridized carbons (Fsp3) is 0.294. The quantitative estimate of drug-likeness (QED) is 0.891. The third-order valence-electron chi connectivity index (χ3n) is 3.71. The van der Waals surface area contributed by atoms with Gasteiger partial charge in [-0.2, -0.15) is 5.10 Å². The summed E-state index contributed by atoms with van der Waals surface area (Å²) >= 11 is 1.33. The Balaban J connectivity index is 1.65. The fourth-order valence-electron chi connectivity index (χ4n) is 2.48. The Morgan fingerprint density at radius 2 is 2.24 bits per heavy atom. The van der Waals surface area contributed by atoms with Crippen LogP contribution in [0.2, 0.25) is 0 Å². The van der Waals surface area contributed by atoms with Crippen molar-refractivity contribution in [3.05, 3.63) is 46.7 Å². The molecule has 3 rings (SSSR count). The first-order valence-corrected chi connectivity index (χ1v) is 8.75. The van der Waals surface area contributed by atoms with Gasteiger partial charge in [-0.15, -0.1) is 11.3 Å². The molecule has 0 saturated heterocycles. The lowest BCUT2D eigenvalue weighted by atomic mass is 10.1. The molecule has 0 bridgehead atoms. The summed E-state index contributed by atoms with van der Waals surface area (Å²) in [6.45, 7) is 2.24. The first kappa shape index (κ1) is 17.2. The number of hydrazone groups is 1. The molecule has 25 heavy (non-hydrogen) atoms. The van der Waals surface area contributed by atoms with Crippen molar-refractivity contribution in [2.45, 2.75) is 26.2 Å². The van der Waals surface area contributed by atoms with Gasteiger partial charge in [0.25, 0.3) is 5.91 Å². The normalized spacial score (nSPS) is 14.4. The highest BCUT2D eigenvalue weighted by Crippen LogP contribution is 2.22. The van der Waals surface area contributed by atoms with E-state index in [0.29, 0.717) is 30.2 Å². The van der Waals surface area contributed by atoms with E-state index in [1.165, 1.54) is 28.5 Å². The van der Waals surface area contributed by atoms with Crippen LogP contribution in [0.1, 0.15) is 30.2 Å². The van der Waals surface area contributed by atoms with Crippen LogP contribution in [0.5, 0.6) is 0 Å². The second-order valence-corrected chi connectivity index (χ2v) is 6.66. The zero-order valence-corrected chi connectivity index (χ0v) is 14.5. The fourth-order valence-corrected chi connectivity index (χ4v) is 3.32. The molecule has 1 aliphatic heterocycles. The Bertz CT molecular complexity index is 834. The average molecular weight is 360 g/mol. The molecule has 2 aromatic rings. The van der Waals surface area contributed by atoms with Gasteiger partial charge in [0, 0.05) is 36.9 Å². The lowest BCUT2D eigenvalue weighted by Gasteiger charge is -2.21. The number of anilines is 1. The third kappa shape index (κ3) is 4.27. The standard InChI is InChI=1S/C17H17FN4O2S/c1-2-22-15(23)7-6-14(21-22)16(24)20-17-19-10-13(25-17)9-11-4-3-5-12(18)8-11/h3-5,8,10H,2,6-7,9H2,1H3,(H,19,20,24). The van der Waals surface area contributed by atoms with Gasteiger partial charge >= 0.3 is 0 Å². The molecule has 1 aliphatic rings. The third-order valence-corrected chi connectivity index (χ3v) is 4.62. The minimum Gasteiger partial charge on any atom is -0.297 e. The molecule has 0 unspecified atom stereocenters. The van der Waals surface area contributed by atoms with Gasteiger partial charge in [0.15, 0.2) is 5.13 Å². The maximum absolute atomic E-state index is 13.2. The highest BCUT2D eigenvalue weighted by molar-refractivity contribution is 7.15. The SMILES string of the molecule is CCN1N=C(C(=O)Nc2ncc(Cc3cccc(F)c3)s2)CCC1=O. The first-order valence-electron chi connectivity index (χ1n) is 7.93. The number of nitrogens with zero attached hydrogens (tertiary/aromatic N) is 3. The monoisotopic (exact) mass is 360 g/mol. The molecule has 0 atom stereocenters. The van der Waals surface area contributed by atoms with Crippen LogP contribution in [0.15, 0.2) is 35.6 Å². The lowest BCUT2D eigenvalue weighted by molar-refractivity contribution is -0.131. The lowest BCUT2D eigenvalue weighted by Crippen LogP contribution is -2.36. The molecular formula is C17H17FN4O2S. The van der Waals surface area contributed by atoms with Crippen molar-refractivity contribution >= 4 is 34.0 Å². The van der Waals surface area contributed by atoms with E-state index < -0.39 is 0 Å². The molecule has 1 aromatic carbocycles. The van der Waals surface area contributed by atoms with Crippen LogP contribution in [0.4, 0.5) is 9.52 Å². The van der Waals surface area contributed by atoms with Crippen LogP contribution >= 0.6 is 11.3 Å². The number of rotatable bonds is 5. The predicted molar refractivity (Wildman–Crippen MR) is 94.0 cm³/mol. The van der Waals surface area contributed by atoms with Crippen LogP contribution in [0.3, 0.4) is 0 Å². The molecule has 1 N–H and O–H groups in total. The Hall–Kier alpha value is -2.61. The molecule has 2 heterocycles. The molecule has 0 radical (unpaired) electrons. The molecule has 0 fully saturated rings. The van der Waals surface area contributed by atoms with E-state index >= 15 is 0 Å². The molecule has 130 valence electrons. The number of halogens is 1. The number of carbonyl (C=O) groups is 2. The van der Waals surface area contributed by atoms with Crippen LogP contribution in [-0.4, -0.2) is 34.1 Å². The second-order valence-electron chi connectivity index (χ2n) is 5.55. The van der Waals surface area contributed by atoms with Gasteiger partial charge in [0.1, 0.15) is 11.5 Å². The number of thiazole rings is 1. The average Bonchev–Trinajstić information content (AvgIpc) is 3.02. The van der Waals surface area contributed by atoms with E-state index in [-0.39, 0.29) is 24.1 Å². The summed E-state index contributed by atoms with van der Waals surface area (Å²) in [5, 5.41) is 8.56. The van der Waals surface area contributed by atoms with Crippen molar-refractivity contribution in [2.24, 2.45) is 5.10 Å². The van der Waals surface area contributed by atoms with Gasteiger partial charge in [-0.1, -0.05) is 12.1 Å². The van der Waals surface area contributed by atoms with E-state index in [0.717, 1.165) is 10.4 Å². The van der Waals surface area contributed by atoms with Crippen LogP contribution in [0.25, 0.3) is 0 Å². The van der Waals surface area contributed by atoms with Gasteiger partial charge < -0.3 is 0 Å². The van der Waals surface area contributed by atoms with E-state index in [4.69, 9.17) is 0 Å². The second kappa shape index (κ2) is 7.52. The maximum Gasteiger partial charge on any atom is 0.273 e. The summed E-state index contributed by atoms with van der Waals surface area (Å²) in [6.07, 6.45) is 2.81. The van der Waals surface area contributed by atoms with E-state index in [2.05, 4.69) is 15.4 Å². The van der Waals surface area contributed by atoms with Gasteiger partial charge in [0.2, 0.25) is 5.91 Å². The number of hydrogen-bond acceptors (Lipinski definition) is 5. The van der Waals surface area contributed by atoms with Gasteiger partial charge in [-0.3, -0.25) is 14.9 Å². The Kier molecular flexibility index (Phi) is 5.18. The summed E-state index contributed by atoms with van der Waals surface area (Å²) in [5.74, 6) is -0.704. The molecule has 0 aliphatic carbocycles. The highest BCUT2D eigenvalue weighted by Gasteiger charge is 2.23. The molecule has 6 nitrogen and oxygen atoms in total. The van der Waals surface area contributed by atoms with Crippen LogP contribution in [0, 0.1) is 5.82 Å². The van der Waals surface area contributed by atoms with Crippen molar-refractivity contribution in [3.63, 3.8) is 0 Å². The molecular weight excluding hydrogens is 343 g/mol.